The van der Waals surface area contributed by atoms with Gasteiger partial charge >= 0.3 is 0 Å². The number of carbonyl (C=O) groups is 2. The molecule has 1 aliphatic heterocycles. The van der Waals surface area contributed by atoms with Crippen LogP contribution in [0.25, 0.3) is 0 Å². The van der Waals surface area contributed by atoms with Crippen molar-refractivity contribution < 1.29 is 23.8 Å². The Balaban J connectivity index is 1.56. The van der Waals surface area contributed by atoms with Gasteiger partial charge in [0.25, 0.3) is 5.91 Å². The van der Waals surface area contributed by atoms with Crippen LogP contribution in [-0.4, -0.2) is 50.6 Å². The number of carbonyl (C=O) groups excluding carboxylic acids is 2. The van der Waals surface area contributed by atoms with E-state index in [4.69, 9.17) is 14.2 Å². The molecule has 0 spiro atoms. The number of anilines is 1. The largest absolute Gasteiger partial charge is 0.493 e. The van der Waals surface area contributed by atoms with Crippen LogP contribution in [-0.2, 0) is 16.0 Å². The molecular weight excluding hydrogens is 360 g/mol. The second-order valence-electron chi connectivity index (χ2n) is 6.55. The maximum absolute atomic E-state index is 12.5. The molecule has 1 heterocycles. The minimum atomic E-state index is -0.828. The number of nitrogens with one attached hydrogen (secondary N) is 1. The first-order valence-electron chi connectivity index (χ1n) is 9.03. The van der Waals surface area contributed by atoms with Crippen molar-refractivity contribution in [3.63, 3.8) is 0 Å². The number of hydrogen-bond donors (Lipinski definition) is 1. The van der Waals surface area contributed by atoms with Gasteiger partial charge in [0.2, 0.25) is 5.91 Å². The Morgan fingerprint density at radius 3 is 2.64 bits per heavy atom. The van der Waals surface area contributed by atoms with Crippen molar-refractivity contribution in [3.05, 3.63) is 48.0 Å². The fraction of sp³-hybridized carbons (Fsp3) is 0.333. The first-order valence-corrected chi connectivity index (χ1v) is 9.03. The van der Waals surface area contributed by atoms with Crippen molar-refractivity contribution in [2.45, 2.75) is 18.9 Å². The molecule has 0 radical (unpaired) electrons. The quantitative estimate of drug-likeness (QED) is 0.794. The number of fused-ring (bicyclic) bond motifs is 1. The van der Waals surface area contributed by atoms with E-state index in [1.807, 2.05) is 30.3 Å². The number of para-hydroxylation sites is 2. The zero-order chi connectivity index (χ0) is 20.1. The summed E-state index contributed by atoms with van der Waals surface area (Å²) in [4.78, 5) is 26.3. The van der Waals surface area contributed by atoms with Crippen molar-refractivity contribution in [1.82, 2.24) is 4.90 Å². The minimum Gasteiger partial charge on any atom is -0.493 e. The third kappa shape index (κ3) is 4.36. The average Bonchev–Trinajstić information content (AvgIpc) is 2.72. The summed E-state index contributed by atoms with van der Waals surface area (Å²) in [7, 11) is 4.90. The van der Waals surface area contributed by atoms with Crippen molar-refractivity contribution in [2.75, 3.05) is 33.1 Å². The number of rotatable bonds is 7. The third-order valence-electron chi connectivity index (χ3n) is 4.68. The van der Waals surface area contributed by atoms with Gasteiger partial charge < -0.3 is 24.4 Å². The smallest absolute Gasteiger partial charge is 0.266 e. The second kappa shape index (κ2) is 8.65. The van der Waals surface area contributed by atoms with E-state index in [0.717, 1.165) is 5.56 Å². The van der Waals surface area contributed by atoms with E-state index < -0.39 is 6.10 Å². The van der Waals surface area contributed by atoms with E-state index in [9.17, 15) is 9.59 Å². The topological polar surface area (TPSA) is 77.1 Å². The Morgan fingerprint density at radius 1 is 1.14 bits per heavy atom. The van der Waals surface area contributed by atoms with Gasteiger partial charge in [-0.2, -0.15) is 0 Å². The normalized spacial score (nSPS) is 15.1. The van der Waals surface area contributed by atoms with Gasteiger partial charge in [-0.15, -0.1) is 0 Å². The SMILES string of the molecule is COc1ccc(CCN(C)C(=O)C[C@@H]2Oc3ccccc3NC2=O)cc1OC. The highest BCUT2D eigenvalue weighted by Crippen LogP contribution is 2.30. The van der Waals surface area contributed by atoms with Gasteiger partial charge in [-0.3, -0.25) is 9.59 Å². The number of benzene rings is 2. The summed E-state index contributed by atoms with van der Waals surface area (Å²) in [5.74, 6) is 1.43. The molecule has 28 heavy (non-hydrogen) atoms. The zero-order valence-corrected chi connectivity index (χ0v) is 16.2. The van der Waals surface area contributed by atoms with Crippen LogP contribution in [0.4, 0.5) is 5.69 Å². The van der Waals surface area contributed by atoms with E-state index >= 15 is 0 Å². The Morgan fingerprint density at radius 2 is 1.89 bits per heavy atom. The molecule has 1 atom stereocenters. The second-order valence-corrected chi connectivity index (χ2v) is 6.55. The predicted octanol–water partition coefficient (Wildman–Crippen LogP) is 2.49. The van der Waals surface area contributed by atoms with Crippen LogP contribution in [0.2, 0.25) is 0 Å². The van der Waals surface area contributed by atoms with Crippen LogP contribution in [0.5, 0.6) is 17.2 Å². The summed E-state index contributed by atoms with van der Waals surface area (Å²) in [5, 5.41) is 2.78. The number of hydrogen-bond acceptors (Lipinski definition) is 5. The molecule has 0 unspecified atom stereocenters. The first kappa shape index (κ1) is 19.5. The molecule has 7 nitrogen and oxygen atoms in total. The number of nitrogens with zero attached hydrogens (tertiary/aromatic N) is 1. The molecule has 7 heteroatoms. The Kier molecular flexibility index (Phi) is 6.03. The van der Waals surface area contributed by atoms with Crippen LogP contribution < -0.4 is 19.5 Å². The molecule has 148 valence electrons. The number of ether oxygens (including phenoxy) is 3. The van der Waals surface area contributed by atoms with Crippen molar-refractivity contribution in [3.8, 4) is 17.2 Å². The van der Waals surface area contributed by atoms with Gasteiger partial charge in [-0.1, -0.05) is 18.2 Å². The summed E-state index contributed by atoms with van der Waals surface area (Å²) in [6.45, 7) is 0.513. The Bertz CT molecular complexity index is 868. The lowest BCUT2D eigenvalue weighted by molar-refractivity contribution is -0.136. The standard InChI is InChI=1S/C21H24N2O5/c1-23(11-10-14-8-9-17(26-2)18(12-14)27-3)20(24)13-19-21(25)22-15-6-4-5-7-16(15)28-19/h4-9,12,19H,10-11,13H2,1-3H3,(H,22,25)/t19-/m0/s1. The summed E-state index contributed by atoms with van der Waals surface area (Å²) in [6, 6.07) is 12.8. The molecule has 1 aliphatic rings. The molecule has 0 aromatic heterocycles. The Hall–Kier alpha value is -3.22. The molecule has 0 aliphatic carbocycles. The average molecular weight is 384 g/mol. The highest BCUT2D eigenvalue weighted by Gasteiger charge is 2.30. The molecule has 0 saturated heterocycles. The maximum Gasteiger partial charge on any atom is 0.266 e. The monoisotopic (exact) mass is 384 g/mol. The number of amides is 2. The van der Waals surface area contributed by atoms with Gasteiger partial charge in [-0.05, 0) is 36.2 Å². The van der Waals surface area contributed by atoms with E-state index in [0.29, 0.717) is 35.9 Å². The molecule has 2 aromatic carbocycles. The molecule has 2 aromatic rings. The summed E-state index contributed by atoms with van der Waals surface area (Å²) in [5.41, 5.74) is 1.65. The van der Waals surface area contributed by atoms with Crippen molar-refractivity contribution in [2.24, 2.45) is 0 Å². The van der Waals surface area contributed by atoms with Crippen LogP contribution in [0, 0.1) is 0 Å². The lowest BCUT2D eigenvalue weighted by Gasteiger charge is -2.27. The van der Waals surface area contributed by atoms with E-state index in [1.54, 1.807) is 38.3 Å². The van der Waals surface area contributed by atoms with Crippen molar-refractivity contribution >= 4 is 17.5 Å². The van der Waals surface area contributed by atoms with Crippen molar-refractivity contribution in [1.29, 1.82) is 0 Å². The van der Waals surface area contributed by atoms with Gasteiger partial charge in [-0.25, -0.2) is 0 Å². The molecule has 3 rings (SSSR count). The van der Waals surface area contributed by atoms with Gasteiger partial charge in [0.1, 0.15) is 5.75 Å². The molecular formula is C21H24N2O5. The van der Waals surface area contributed by atoms with E-state index in [-0.39, 0.29) is 18.2 Å². The first-order chi connectivity index (χ1) is 13.5. The van der Waals surface area contributed by atoms with E-state index in [2.05, 4.69) is 5.32 Å². The highest BCUT2D eigenvalue weighted by atomic mass is 16.5. The lowest BCUT2D eigenvalue weighted by Crippen LogP contribution is -2.41. The zero-order valence-electron chi connectivity index (χ0n) is 16.2. The molecule has 0 fully saturated rings. The third-order valence-corrected chi connectivity index (χ3v) is 4.68. The summed E-state index contributed by atoms with van der Waals surface area (Å²) in [6.07, 6.45) is -0.183. The minimum absolute atomic E-state index is 0.0113. The molecule has 0 bridgehead atoms. The summed E-state index contributed by atoms with van der Waals surface area (Å²) < 4.78 is 16.2. The van der Waals surface area contributed by atoms with Crippen LogP contribution >= 0.6 is 0 Å². The van der Waals surface area contributed by atoms with Crippen LogP contribution in [0.15, 0.2) is 42.5 Å². The number of likely N-dealkylation sites (N-methyl/N-ethyl adjacent to an activating group) is 1. The van der Waals surface area contributed by atoms with Gasteiger partial charge in [0.15, 0.2) is 17.6 Å². The van der Waals surface area contributed by atoms with Gasteiger partial charge in [0, 0.05) is 13.6 Å². The highest BCUT2D eigenvalue weighted by molar-refractivity contribution is 5.99. The van der Waals surface area contributed by atoms with Crippen LogP contribution in [0.3, 0.4) is 0 Å². The van der Waals surface area contributed by atoms with E-state index in [1.165, 1.54) is 0 Å². The maximum atomic E-state index is 12.5. The lowest BCUT2D eigenvalue weighted by atomic mass is 10.1. The summed E-state index contributed by atoms with van der Waals surface area (Å²) >= 11 is 0. The fourth-order valence-electron chi connectivity index (χ4n) is 3.00. The predicted molar refractivity (Wildman–Crippen MR) is 105 cm³/mol. The van der Waals surface area contributed by atoms with Crippen LogP contribution in [0.1, 0.15) is 12.0 Å². The number of methoxy groups -OCH3 is 2. The Labute approximate surface area is 164 Å². The molecule has 2 amide bonds. The molecule has 0 saturated carbocycles. The fourth-order valence-corrected chi connectivity index (χ4v) is 3.00. The van der Waals surface area contributed by atoms with Gasteiger partial charge in [0.05, 0.1) is 26.3 Å². The molecule has 1 N–H and O–H groups in total.